The molecule has 0 aliphatic heterocycles. The Bertz CT molecular complexity index is 349. The van der Waals surface area contributed by atoms with Crippen molar-refractivity contribution in [1.82, 2.24) is 10.6 Å². The Balaban J connectivity index is 2.16. The van der Waals surface area contributed by atoms with E-state index in [0.29, 0.717) is 6.54 Å². The molecule has 1 atom stereocenters. The third kappa shape index (κ3) is 5.84. The Morgan fingerprint density at radius 1 is 1.47 bits per heavy atom. The average Bonchev–Trinajstić information content (AvgIpc) is 2.64. The maximum atomic E-state index is 11.6. The van der Waals surface area contributed by atoms with Crippen molar-refractivity contribution in [2.45, 2.75) is 46.2 Å². The highest BCUT2D eigenvalue weighted by atomic mass is 32.1. The first-order valence-electron chi connectivity index (χ1n) is 6.17. The van der Waals surface area contributed by atoms with Crippen LogP contribution in [0.2, 0.25) is 0 Å². The van der Waals surface area contributed by atoms with Crippen molar-refractivity contribution in [1.29, 1.82) is 0 Å². The summed E-state index contributed by atoms with van der Waals surface area (Å²) in [6, 6.07) is 4.48. The SMILES string of the molecule is CCCC(C)NC(=O)CNCc1ccc(C)s1. The van der Waals surface area contributed by atoms with Crippen LogP contribution in [-0.4, -0.2) is 18.5 Å². The van der Waals surface area contributed by atoms with Crippen LogP contribution in [0.5, 0.6) is 0 Å². The Morgan fingerprint density at radius 3 is 2.82 bits per heavy atom. The van der Waals surface area contributed by atoms with E-state index in [-0.39, 0.29) is 11.9 Å². The van der Waals surface area contributed by atoms with Crippen LogP contribution >= 0.6 is 11.3 Å². The normalized spacial score (nSPS) is 12.4. The fourth-order valence-corrected chi connectivity index (χ4v) is 2.57. The molecule has 0 aliphatic carbocycles. The van der Waals surface area contributed by atoms with Gasteiger partial charge in [-0.2, -0.15) is 0 Å². The smallest absolute Gasteiger partial charge is 0.234 e. The van der Waals surface area contributed by atoms with E-state index >= 15 is 0 Å². The van der Waals surface area contributed by atoms with Crippen molar-refractivity contribution in [2.75, 3.05) is 6.54 Å². The van der Waals surface area contributed by atoms with E-state index in [2.05, 4.69) is 36.6 Å². The third-order valence-corrected chi connectivity index (χ3v) is 3.51. The molecule has 1 aromatic heterocycles. The molecule has 0 aliphatic rings. The largest absolute Gasteiger partial charge is 0.353 e. The Labute approximate surface area is 108 Å². The van der Waals surface area contributed by atoms with Gasteiger partial charge in [-0.15, -0.1) is 11.3 Å². The third-order valence-electron chi connectivity index (χ3n) is 2.51. The molecule has 0 fully saturated rings. The van der Waals surface area contributed by atoms with Gasteiger partial charge in [-0.05, 0) is 32.4 Å². The van der Waals surface area contributed by atoms with E-state index in [1.54, 1.807) is 11.3 Å². The van der Waals surface area contributed by atoms with Crippen LogP contribution in [0.15, 0.2) is 12.1 Å². The van der Waals surface area contributed by atoms with E-state index in [1.807, 2.05) is 6.92 Å². The first-order chi connectivity index (χ1) is 8.11. The lowest BCUT2D eigenvalue weighted by Gasteiger charge is -2.12. The number of aryl methyl sites for hydroxylation is 1. The monoisotopic (exact) mass is 254 g/mol. The summed E-state index contributed by atoms with van der Waals surface area (Å²) in [5.74, 6) is 0.0826. The second-order valence-electron chi connectivity index (χ2n) is 4.37. The van der Waals surface area contributed by atoms with Gasteiger partial charge in [0.1, 0.15) is 0 Å². The van der Waals surface area contributed by atoms with Gasteiger partial charge in [0.25, 0.3) is 0 Å². The lowest BCUT2D eigenvalue weighted by atomic mass is 10.2. The van der Waals surface area contributed by atoms with Gasteiger partial charge in [0.15, 0.2) is 0 Å². The summed E-state index contributed by atoms with van der Waals surface area (Å²) in [6.45, 7) is 7.43. The Morgan fingerprint density at radius 2 is 2.24 bits per heavy atom. The minimum atomic E-state index is 0.0826. The van der Waals surface area contributed by atoms with Crippen molar-refractivity contribution in [3.8, 4) is 0 Å². The van der Waals surface area contributed by atoms with E-state index in [0.717, 1.165) is 19.4 Å². The number of amides is 1. The lowest BCUT2D eigenvalue weighted by molar-refractivity contribution is -0.120. The van der Waals surface area contributed by atoms with Crippen LogP contribution in [0.1, 0.15) is 36.4 Å². The van der Waals surface area contributed by atoms with Crippen LogP contribution in [0.25, 0.3) is 0 Å². The molecule has 4 heteroatoms. The standard InChI is InChI=1S/C13H22N2OS/c1-4-5-10(2)15-13(16)9-14-8-12-7-6-11(3)17-12/h6-7,10,14H,4-5,8-9H2,1-3H3,(H,15,16). The molecule has 1 aromatic rings. The van der Waals surface area contributed by atoms with Crippen molar-refractivity contribution < 1.29 is 4.79 Å². The summed E-state index contributed by atoms with van der Waals surface area (Å²) in [4.78, 5) is 14.1. The number of carbonyl (C=O) groups excluding carboxylic acids is 1. The van der Waals surface area contributed by atoms with Gasteiger partial charge >= 0.3 is 0 Å². The van der Waals surface area contributed by atoms with E-state index in [9.17, 15) is 4.79 Å². The van der Waals surface area contributed by atoms with Crippen LogP contribution in [0.4, 0.5) is 0 Å². The zero-order valence-corrected chi connectivity index (χ0v) is 11.7. The molecular formula is C13H22N2OS. The molecule has 96 valence electrons. The van der Waals surface area contributed by atoms with Crippen molar-refractivity contribution in [2.24, 2.45) is 0 Å². The predicted octanol–water partition coefficient (Wildman–Crippen LogP) is 2.45. The van der Waals surface area contributed by atoms with E-state index in [4.69, 9.17) is 0 Å². The summed E-state index contributed by atoms with van der Waals surface area (Å²) >= 11 is 1.77. The average molecular weight is 254 g/mol. The molecule has 0 radical (unpaired) electrons. The first-order valence-corrected chi connectivity index (χ1v) is 6.99. The zero-order chi connectivity index (χ0) is 12.7. The molecule has 17 heavy (non-hydrogen) atoms. The summed E-state index contributed by atoms with van der Waals surface area (Å²) in [6.07, 6.45) is 2.14. The maximum absolute atomic E-state index is 11.6. The Hall–Kier alpha value is -0.870. The van der Waals surface area contributed by atoms with Crippen LogP contribution < -0.4 is 10.6 Å². The van der Waals surface area contributed by atoms with Crippen molar-refractivity contribution in [3.63, 3.8) is 0 Å². The number of hydrogen-bond acceptors (Lipinski definition) is 3. The van der Waals surface area contributed by atoms with Crippen LogP contribution in [0.3, 0.4) is 0 Å². The molecule has 0 bridgehead atoms. The molecule has 1 amide bonds. The Kier molecular flexibility index (Phi) is 6.22. The number of nitrogens with one attached hydrogen (secondary N) is 2. The van der Waals surface area contributed by atoms with Gasteiger partial charge in [-0.3, -0.25) is 4.79 Å². The minimum absolute atomic E-state index is 0.0826. The molecule has 1 rings (SSSR count). The molecular weight excluding hydrogens is 232 g/mol. The quantitative estimate of drug-likeness (QED) is 0.785. The van der Waals surface area contributed by atoms with E-state index < -0.39 is 0 Å². The second kappa shape index (κ2) is 7.45. The summed E-state index contributed by atoms with van der Waals surface area (Å²) < 4.78 is 0. The second-order valence-corrected chi connectivity index (χ2v) is 5.75. The highest BCUT2D eigenvalue weighted by Gasteiger charge is 2.05. The molecule has 0 saturated carbocycles. The number of thiophene rings is 1. The van der Waals surface area contributed by atoms with Crippen LogP contribution in [-0.2, 0) is 11.3 Å². The highest BCUT2D eigenvalue weighted by molar-refractivity contribution is 7.11. The minimum Gasteiger partial charge on any atom is -0.353 e. The van der Waals surface area contributed by atoms with Gasteiger partial charge < -0.3 is 10.6 Å². The number of rotatable bonds is 7. The lowest BCUT2D eigenvalue weighted by Crippen LogP contribution is -2.38. The van der Waals surface area contributed by atoms with Crippen LogP contribution in [0, 0.1) is 6.92 Å². The molecule has 1 heterocycles. The summed E-state index contributed by atoms with van der Waals surface area (Å²) in [5.41, 5.74) is 0. The van der Waals surface area contributed by atoms with Gasteiger partial charge in [-0.25, -0.2) is 0 Å². The molecule has 0 aromatic carbocycles. The molecule has 0 spiro atoms. The molecule has 0 saturated heterocycles. The molecule has 2 N–H and O–H groups in total. The molecule has 3 nitrogen and oxygen atoms in total. The van der Waals surface area contributed by atoms with Crippen molar-refractivity contribution >= 4 is 17.2 Å². The summed E-state index contributed by atoms with van der Waals surface area (Å²) in [5, 5.41) is 6.13. The highest BCUT2D eigenvalue weighted by Crippen LogP contribution is 2.14. The number of hydrogen-bond donors (Lipinski definition) is 2. The first kappa shape index (κ1) is 14.2. The zero-order valence-electron chi connectivity index (χ0n) is 10.9. The maximum Gasteiger partial charge on any atom is 0.234 e. The van der Waals surface area contributed by atoms with Gasteiger partial charge in [0.05, 0.1) is 6.54 Å². The topological polar surface area (TPSA) is 41.1 Å². The predicted molar refractivity (Wildman–Crippen MR) is 73.3 cm³/mol. The van der Waals surface area contributed by atoms with Gasteiger partial charge in [0, 0.05) is 22.3 Å². The number of carbonyl (C=O) groups is 1. The van der Waals surface area contributed by atoms with Gasteiger partial charge in [0.2, 0.25) is 5.91 Å². The van der Waals surface area contributed by atoms with Gasteiger partial charge in [-0.1, -0.05) is 13.3 Å². The summed E-state index contributed by atoms with van der Waals surface area (Å²) in [7, 11) is 0. The molecule has 1 unspecified atom stereocenters. The van der Waals surface area contributed by atoms with Crippen molar-refractivity contribution in [3.05, 3.63) is 21.9 Å². The fourth-order valence-electron chi connectivity index (χ4n) is 1.71. The fraction of sp³-hybridized carbons (Fsp3) is 0.615. The van der Waals surface area contributed by atoms with E-state index in [1.165, 1.54) is 9.75 Å².